The zero-order chi connectivity index (χ0) is 18.5. The number of hydrazone groups is 1. The summed E-state index contributed by atoms with van der Waals surface area (Å²) >= 11 is 0. The van der Waals surface area contributed by atoms with Crippen molar-refractivity contribution in [2.75, 3.05) is 13.9 Å². The summed E-state index contributed by atoms with van der Waals surface area (Å²) in [6, 6.07) is 9.75. The average molecular weight is 357 g/mol. The monoisotopic (exact) mass is 357 g/mol. The van der Waals surface area contributed by atoms with Crippen LogP contribution >= 0.6 is 0 Å². The molecule has 0 fully saturated rings. The number of ether oxygens (including phenoxy) is 3. The van der Waals surface area contributed by atoms with Crippen LogP contribution in [0.3, 0.4) is 0 Å². The Bertz CT molecular complexity index is 864. The highest BCUT2D eigenvalue weighted by Crippen LogP contribution is 2.37. The number of hydrogen-bond donors (Lipinski definition) is 1. The second-order valence-corrected chi connectivity index (χ2v) is 5.34. The lowest BCUT2D eigenvalue weighted by Crippen LogP contribution is -2.19. The Hall–Kier alpha value is -3.62. The predicted octanol–water partition coefficient (Wildman–Crippen LogP) is 2.02. The molecule has 1 heterocycles. The number of nitro groups is 1. The van der Waals surface area contributed by atoms with E-state index in [0.717, 1.165) is 5.56 Å². The van der Waals surface area contributed by atoms with Gasteiger partial charge in [0.2, 0.25) is 12.7 Å². The maximum Gasteiger partial charge on any atom is 0.282 e. The molecule has 0 saturated carbocycles. The molecule has 0 unspecified atom stereocenters. The average Bonchev–Trinajstić information content (AvgIpc) is 3.09. The molecular formula is C17H15N3O6. The Labute approximate surface area is 148 Å². The highest BCUT2D eigenvalue weighted by atomic mass is 16.7. The molecule has 0 saturated heterocycles. The van der Waals surface area contributed by atoms with E-state index in [1.165, 1.54) is 18.3 Å². The Morgan fingerprint density at radius 1 is 1.31 bits per heavy atom. The van der Waals surface area contributed by atoms with Crippen LogP contribution in [0.4, 0.5) is 5.69 Å². The molecule has 2 aromatic carbocycles. The van der Waals surface area contributed by atoms with Crippen molar-refractivity contribution in [3.63, 3.8) is 0 Å². The normalized spacial score (nSPS) is 12.2. The molecule has 0 bridgehead atoms. The summed E-state index contributed by atoms with van der Waals surface area (Å²) in [5, 5.41) is 15.0. The molecule has 2 aromatic rings. The molecule has 9 nitrogen and oxygen atoms in total. The van der Waals surface area contributed by atoms with Crippen molar-refractivity contribution in [1.29, 1.82) is 0 Å². The van der Waals surface area contributed by atoms with Gasteiger partial charge in [-0.1, -0.05) is 12.1 Å². The van der Waals surface area contributed by atoms with Crippen LogP contribution in [0.1, 0.15) is 11.1 Å². The van der Waals surface area contributed by atoms with E-state index >= 15 is 0 Å². The first-order valence-electron chi connectivity index (χ1n) is 7.59. The van der Waals surface area contributed by atoms with Crippen molar-refractivity contribution in [3.05, 3.63) is 57.6 Å². The van der Waals surface area contributed by atoms with Crippen molar-refractivity contribution in [2.24, 2.45) is 5.10 Å². The molecule has 26 heavy (non-hydrogen) atoms. The molecule has 1 amide bonds. The first-order chi connectivity index (χ1) is 12.6. The summed E-state index contributed by atoms with van der Waals surface area (Å²) in [5.74, 6) is 1.04. The number of nitrogens with one attached hydrogen (secondary N) is 1. The molecule has 0 aromatic heterocycles. The van der Waals surface area contributed by atoms with E-state index in [-0.39, 0.29) is 30.4 Å². The highest BCUT2D eigenvalue weighted by Gasteiger charge is 2.22. The number of benzene rings is 2. The van der Waals surface area contributed by atoms with Gasteiger partial charge in [-0.15, -0.1) is 0 Å². The third-order valence-corrected chi connectivity index (χ3v) is 3.64. The number of nitro benzene ring substituents is 1. The number of methoxy groups -OCH3 is 1. The molecule has 9 heteroatoms. The number of carbonyl (C=O) groups is 1. The topological polar surface area (TPSA) is 112 Å². The number of hydrogen-bond acceptors (Lipinski definition) is 7. The number of nitrogens with zero attached hydrogens (tertiary/aromatic N) is 2. The van der Waals surface area contributed by atoms with E-state index in [9.17, 15) is 14.9 Å². The number of rotatable bonds is 6. The summed E-state index contributed by atoms with van der Waals surface area (Å²) in [6.07, 6.45) is 1.32. The number of carbonyl (C=O) groups excluding carboxylic acids is 1. The van der Waals surface area contributed by atoms with Crippen LogP contribution in [-0.4, -0.2) is 30.9 Å². The Kier molecular flexibility index (Phi) is 4.97. The molecule has 1 N–H and O–H groups in total. The van der Waals surface area contributed by atoms with Gasteiger partial charge < -0.3 is 14.2 Å². The van der Waals surface area contributed by atoms with Crippen molar-refractivity contribution >= 4 is 17.8 Å². The molecule has 0 radical (unpaired) electrons. The first-order valence-corrected chi connectivity index (χ1v) is 7.59. The van der Waals surface area contributed by atoms with E-state index in [1.54, 1.807) is 31.4 Å². The second kappa shape index (κ2) is 7.51. The van der Waals surface area contributed by atoms with Crippen LogP contribution in [0.25, 0.3) is 0 Å². The van der Waals surface area contributed by atoms with Gasteiger partial charge in [-0.2, -0.15) is 5.10 Å². The van der Waals surface area contributed by atoms with Gasteiger partial charge in [0.15, 0.2) is 11.5 Å². The summed E-state index contributed by atoms with van der Waals surface area (Å²) in [5.41, 5.74) is 3.14. The number of fused-ring (bicyclic) bond motifs is 1. The standard InChI is InChI=1S/C17H15N3O6/c1-24-13-4-2-11(3-5-13)6-17(21)19-18-9-12-7-15-16(26-10-25-15)8-14(12)20(22)23/h2-5,7-9H,6,10H2,1H3,(H,19,21). The van der Waals surface area contributed by atoms with Crippen LogP contribution in [0, 0.1) is 10.1 Å². The van der Waals surface area contributed by atoms with Gasteiger partial charge >= 0.3 is 0 Å². The van der Waals surface area contributed by atoms with E-state index < -0.39 is 4.92 Å². The van der Waals surface area contributed by atoms with Crippen LogP contribution < -0.4 is 19.6 Å². The molecule has 0 spiro atoms. The van der Waals surface area contributed by atoms with Gasteiger partial charge in [-0.05, 0) is 23.8 Å². The first kappa shape index (κ1) is 17.2. The Morgan fingerprint density at radius 3 is 2.65 bits per heavy atom. The Balaban J connectivity index is 1.66. The molecule has 0 atom stereocenters. The van der Waals surface area contributed by atoms with E-state index in [2.05, 4.69) is 10.5 Å². The van der Waals surface area contributed by atoms with Crippen molar-refractivity contribution < 1.29 is 23.9 Å². The van der Waals surface area contributed by atoms with Crippen LogP contribution in [-0.2, 0) is 11.2 Å². The lowest BCUT2D eigenvalue weighted by molar-refractivity contribution is -0.385. The lowest BCUT2D eigenvalue weighted by Gasteiger charge is -2.03. The fourth-order valence-corrected chi connectivity index (χ4v) is 2.35. The smallest absolute Gasteiger partial charge is 0.282 e. The van der Waals surface area contributed by atoms with Gasteiger partial charge in [0.05, 0.1) is 36.3 Å². The van der Waals surface area contributed by atoms with E-state index in [0.29, 0.717) is 17.2 Å². The third kappa shape index (κ3) is 3.89. The zero-order valence-electron chi connectivity index (χ0n) is 13.8. The van der Waals surface area contributed by atoms with Crippen molar-refractivity contribution in [2.45, 2.75) is 6.42 Å². The van der Waals surface area contributed by atoms with Crippen molar-refractivity contribution in [1.82, 2.24) is 5.43 Å². The second-order valence-electron chi connectivity index (χ2n) is 5.34. The van der Waals surface area contributed by atoms with Gasteiger partial charge in [0.25, 0.3) is 5.69 Å². The van der Waals surface area contributed by atoms with Gasteiger partial charge in [0, 0.05) is 0 Å². The Morgan fingerprint density at radius 2 is 2.00 bits per heavy atom. The molecular weight excluding hydrogens is 342 g/mol. The quantitative estimate of drug-likeness (QED) is 0.481. The zero-order valence-corrected chi connectivity index (χ0v) is 13.8. The minimum Gasteiger partial charge on any atom is -0.497 e. The van der Waals surface area contributed by atoms with Crippen LogP contribution in [0.5, 0.6) is 17.2 Å². The summed E-state index contributed by atoms with van der Waals surface area (Å²) in [7, 11) is 1.56. The predicted molar refractivity (Wildman–Crippen MR) is 91.7 cm³/mol. The molecule has 1 aliphatic heterocycles. The summed E-state index contributed by atoms with van der Waals surface area (Å²) < 4.78 is 15.4. The summed E-state index contributed by atoms with van der Waals surface area (Å²) in [4.78, 5) is 22.5. The van der Waals surface area contributed by atoms with Crippen LogP contribution in [0.15, 0.2) is 41.5 Å². The third-order valence-electron chi connectivity index (χ3n) is 3.64. The minimum absolute atomic E-state index is 0.00564. The van der Waals surface area contributed by atoms with E-state index in [1.807, 2.05) is 0 Å². The number of amides is 1. The van der Waals surface area contributed by atoms with Crippen LogP contribution in [0.2, 0.25) is 0 Å². The van der Waals surface area contributed by atoms with E-state index in [4.69, 9.17) is 14.2 Å². The fraction of sp³-hybridized carbons (Fsp3) is 0.176. The van der Waals surface area contributed by atoms with Gasteiger partial charge in [-0.25, -0.2) is 5.43 Å². The fourth-order valence-electron chi connectivity index (χ4n) is 2.35. The molecule has 1 aliphatic rings. The van der Waals surface area contributed by atoms with Gasteiger partial charge in [-0.3, -0.25) is 14.9 Å². The maximum atomic E-state index is 11.9. The highest BCUT2D eigenvalue weighted by molar-refractivity contribution is 5.88. The lowest BCUT2D eigenvalue weighted by atomic mass is 10.1. The SMILES string of the molecule is COc1ccc(CC(=O)NN=Cc2cc3c(cc2[N+](=O)[O-])OCO3)cc1. The largest absolute Gasteiger partial charge is 0.497 e. The molecule has 0 aliphatic carbocycles. The van der Waals surface area contributed by atoms with Crippen molar-refractivity contribution in [3.8, 4) is 17.2 Å². The summed E-state index contributed by atoms with van der Waals surface area (Å²) in [6.45, 7) is 0.00564. The minimum atomic E-state index is -0.553. The molecule has 3 rings (SSSR count). The molecule has 134 valence electrons. The van der Waals surface area contributed by atoms with Gasteiger partial charge in [0.1, 0.15) is 5.75 Å². The maximum absolute atomic E-state index is 11.9.